The zero-order chi connectivity index (χ0) is 11.3. The van der Waals surface area contributed by atoms with Crippen LogP contribution in [-0.4, -0.2) is 28.5 Å². The lowest BCUT2D eigenvalue weighted by Crippen LogP contribution is -2.43. The second-order valence-corrected chi connectivity index (χ2v) is 5.03. The third kappa shape index (κ3) is 3.72. The van der Waals surface area contributed by atoms with Crippen molar-refractivity contribution in [3.05, 3.63) is 0 Å². The molecule has 2 nitrogen and oxygen atoms in total. The first-order chi connectivity index (χ1) is 7.19. The molecule has 1 saturated carbocycles. The molecule has 0 radical (unpaired) electrons. The van der Waals surface area contributed by atoms with E-state index in [0.717, 1.165) is 25.4 Å². The second kappa shape index (κ2) is 6.44. The van der Waals surface area contributed by atoms with Crippen LogP contribution in [0, 0.1) is 0 Å². The molecular formula is C12H24N2S. The molecule has 0 aromatic carbocycles. The third-order valence-corrected chi connectivity index (χ3v) is 3.70. The largest absolute Gasteiger partial charge is 0.393 e. The van der Waals surface area contributed by atoms with Crippen molar-refractivity contribution in [2.24, 2.45) is 5.73 Å². The summed E-state index contributed by atoms with van der Waals surface area (Å²) in [6, 6.07) is 1.35. The molecule has 0 aliphatic heterocycles. The summed E-state index contributed by atoms with van der Waals surface area (Å²) in [6.07, 6.45) is 7.55. The lowest BCUT2D eigenvalue weighted by molar-refractivity contribution is 0.143. The highest BCUT2D eigenvalue weighted by Gasteiger charge is 2.26. The van der Waals surface area contributed by atoms with Gasteiger partial charge in [-0.1, -0.05) is 38.9 Å². The fraction of sp³-hybridized carbons (Fsp3) is 0.917. The molecule has 0 heterocycles. The van der Waals surface area contributed by atoms with Gasteiger partial charge in [-0.05, 0) is 25.8 Å². The van der Waals surface area contributed by atoms with Crippen molar-refractivity contribution < 1.29 is 0 Å². The van der Waals surface area contributed by atoms with Gasteiger partial charge in [0, 0.05) is 18.5 Å². The minimum Gasteiger partial charge on any atom is -0.393 e. The van der Waals surface area contributed by atoms with E-state index in [1.54, 1.807) is 0 Å². The topological polar surface area (TPSA) is 29.3 Å². The summed E-state index contributed by atoms with van der Waals surface area (Å²) in [5.74, 6) is 0. The molecule has 2 N–H and O–H groups in total. The van der Waals surface area contributed by atoms with Crippen molar-refractivity contribution in [1.82, 2.24) is 4.90 Å². The first-order valence-electron chi connectivity index (χ1n) is 6.23. The predicted octanol–water partition coefficient (Wildman–Crippen LogP) is 2.71. The molecule has 1 unspecified atom stereocenters. The minimum absolute atomic E-state index is 0.565. The van der Waals surface area contributed by atoms with E-state index < -0.39 is 0 Å². The molecule has 88 valence electrons. The minimum atomic E-state index is 0.565. The van der Waals surface area contributed by atoms with Crippen LogP contribution >= 0.6 is 12.2 Å². The van der Waals surface area contributed by atoms with Crippen molar-refractivity contribution in [2.75, 3.05) is 6.54 Å². The van der Waals surface area contributed by atoms with Crippen molar-refractivity contribution in [2.45, 2.75) is 64.5 Å². The highest BCUT2D eigenvalue weighted by atomic mass is 32.1. The zero-order valence-corrected chi connectivity index (χ0v) is 10.9. The quantitative estimate of drug-likeness (QED) is 0.709. The van der Waals surface area contributed by atoms with E-state index >= 15 is 0 Å². The lowest BCUT2D eigenvalue weighted by atomic mass is 10.1. The van der Waals surface area contributed by atoms with Crippen molar-refractivity contribution in [1.29, 1.82) is 0 Å². The Hall–Kier alpha value is -0.150. The van der Waals surface area contributed by atoms with E-state index in [1.807, 2.05) is 0 Å². The molecule has 1 fully saturated rings. The zero-order valence-electron chi connectivity index (χ0n) is 10.0. The highest BCUT2D eigenvalue weighted by molar-refractivity contribution is 7.80. The van der Waals surface area contributed by atoms with Gasteiger partial charge in [-0.15, -0.1) is 0 Å². The van der Waals surface area contributed by atoms with Crippen LogP contribution in [0.4, 0.5) is 0 Å². The molecule has 15 heavy (non-hydrogen) atoms. The standard InChI is InChI=1S/C12H24N2S/c1-3-10(9-12(13)15)14(4-2)11-7-5-6-8-11/h10-11H,3-9H2,1-2H3,(H2,13,15). The maximum atomic E-state index is 5.66. The van der Waals surface area contributed by atoms with E-state index in [-0.39, 0.29) is 0 Å². The van der Waals surface area contributed by atoms with E-state index in [9.17, 15) is 0 Å². The smallest absolute Gasteiger partial charge is 0.0743 e. The van der Waals surface area contributed by atoms with Crippen molar-refractivity contribution in [3.63, 3.8) is 0 Å². The normalized spacial score (nSPS) is 19.7. The first-order valence-corrected chi connectivity index (χ1v) is 6.63. The van der Waals surface area contributed by atoms with Gasteiger partial charge in [0.25, 0.3) is 0 Å². The third-order valence-electron chi connectivity index (χ3n) is 3.54. The summed E-state index contributed by atoms with van der Waals surface area (Å²) in [6.45, 7) is 5.62. The Morgan fingerprint density at radius 2 is 2.00 bits per heavy atom. The Bertz CT molecular complexity index is 200. The Morgan fingerprint density at radius 3 is 2.40 bits per heavy atom. The molecule has 1 atom stereocenters. The van der Waals surface area contributed by atoms with Gasteiger partial charge in [-0.2, -0.15) is 0 Å². The SMILES string of the molecule is CCC(CC(N)=S)N(CC)C1CCCC1. The Balaban J connectivity index is 2.56. The number of nitrogens with two attached hydrogens (primary N) is 1. The summed E-state index contributed by atoms with van der Waals surface area (Å²) >= 11 is 5.03. The lowest BCUT2D eigenvalue weighted by Gasteiger charge is -2.35. The maximum Gasteiger partial charge on any atom is 0.0743 e. The molecular weight excluding hydrogens is 204 g/mol. The van der Waals surface area contributed by atoms with E-state index in [4.69, 9.17) is 18.0 Å². The van der Waals surface area contributed by atoms with Crippen LogP contribution in [-0.2, 0) is 0 Å². The molecule has 0 bridgehead atoms. The summed E-state index contributed by atoms with van der Waals surface area (Å²) in [7, 11) is 0. The number of thiocarbonyl (C=S) groups is 1. The van der Waals surface area contributed by atoms with Crippen LogP contribution < -0.4 is 5.73 Å². The first kappa shape index (κ1) is 12.9. The molecule has 1 aliphatic rings. The van der Waals surface area contributed by atoms with Gasteiger partial charge < -0.3 is 5.73 Å². The summed E-state index contributed by atoms with van der Waals surface area (Å²) < 4.78 is 0. The average Bonchev–Trinajstić information content (AvgIpc) is 2.70. The molecule has 0 amide bonds. The Kier molecular flexibility index (Phi) is 5.54. The van der Waals surface area contributed by atoms with Gasteiger partial charge in [-0.25, -0.2) is 0 Å². The monoisotopic (exact) mass is 228 g/mol. The van der Waals surface area contributed by atoms with Crippen LogP contribution in [0.3, 0.4) is 0 Å². The second-order valence-electron chi connectivity index (χ2n) is 4.50. The van der Waals surface area contributed by atoms with Gasteiger partial charge in [-0.3, -0.25) is 4.90 Å². The molecule has 1 rings (SSSR count). The van der Waals surface area contributed by atoms with Crippen molar-refractivity contribution in [3.8, 4) is 0 Å². The highest BCUT2D eigenvalue weighted by Crippen LogP contribution is 2.26. The van der Waals surface area contributed by atoms with Gasteiger partial charge in [0.15, 0.2) is 0 Å². The van der Waals surface area contributed by atoms with Crippen LogP contribution in [0.2, 0.25) is 0 Å². The maximum absolute atomic E-state index is 5.66. The molecule has 0 aromatic heterocycles. The van der Waals surface area contributed by atoms with Gasteiger partial charge in [0.1, 0.15) is 0 Å². The van der Waals surface area contributed by atoms with Crippen LogP contribution in [0.25, 0.3) is 0 Å². The van der Waals surface area contributed by atoms with E-state index in [2.05, 4.69) is 18.7 Å². The number of nitrogens with zero attached hydrogens (tertiary/aromatic N) is 1. The summed E-state index contributed by atoms with van der Waals surface area (Å²) in [4.78, 5) is 3.28. The molecule has 1 aliphatic carbocycles. The molecule has 0 spiro atoms. The van der Waals surface area contributed by atoms with Gasteiger partial charge >= 0.3 is 0 Å². The number of hydrogen-bond acceptors (Lipinski definition) is 2. The molecule has 0 aromatic rings. The van der Waals surface area contributed by atoms with E-state index in [0.29, 0.717) is 11.0 Å². The summed E-state index contributed by atoms with van der Waals surface area (Å²) in [5.41, 5.74) is 5.66. The van der Waals surface area contributed by atoms with Crippen LogP contribution in [0.5, 0.6) is 0 Å². The van der Waals surface area contributed by atoms with E-state index in [1.165, 1.54) is 25.7 Å². The van der Waals surface area contributed by atoms with Crippen LogP contribution in [0.15, 0.2) is 0 Å². The predicted molar refractivity (Wildman–Crippen MR) is 70.1 cm³/mol. The fourth-order valence-electron chi connectivity index (χ4n) is 2.78. The van der Waals surface area contributed by atoms with Gasteiger partial charge in [0.2, 0.25) is 0 Å². The van der Waals surface area contributed by atoms with Gasteiger partial charge in [0.05, 0.1) is 4.99 Å². The average molecular weight is 228 g/mol. The number of hydrogen-bond donors (Lipinski definition) is 1. The number of rotatable bonds is 6. The van der Waals surface area contributed by atoms with Crippen LogP contribution in [0.1, 0.15) is 52.4 Å². The Labute approximate surface area is 99.2 Å². The fourth-order valence-corrected chi connectivity index (χ4v) is 2.97. The summed E-state index contributed by atoms with van der Waals surface area (Å²) in [5, 5.41) is 0. The molecule has 3 heteroatoms. The Morgan fingerprint density at radius 1 is 1.40 bits per heavy atom. The van der Waals surface area contributed by atoms with Crippen molar-refractivity contribution >= 4 is 17.2 Å². The molecule has 0 saturated heterocycles.